The van der Waals surface area contributed by atoms with Gasteiger partial charge in [-0.15, -0.1) is 6.58 Å². The second-order valence-electron chi connectivity index (χ2n) is 10.7. The van der Waals surface area contributed by atoms with Crippen molar-refractivity contribution in [2.24, 2.45) is 28.1 Å². The van der Waals surface area contributed by atoms with E-state index in [2.05, 4.69) is 11.6 Å². The van der Waals surface area contributed by atoms with E-state index >= 15 is 0 Å². The molecule has 8 heteroatoms. The number of ether oxygens (including phenoxy) is 1. The predicted molar refractivity (Wildman–Crippen MR) is 134 cm³/mol. The standard InChI is InChI=1S/C27H37NO6S/c1-6-25(4)15-19(34-22(31)16-35-20-9-7-8-14-28-20)26(5)17(2)10-12-27(24(26)33,13-11-21(29)30)18(3)23(25)32/h6-9,14,17-19,23,32H,1,10-13,15-16H2,2-5H3,(H,29,30)/t17?,18-,19+,23-,25+,26-,27-/m0/s1. The lowest BCUT2D eigenvalue weighted by atomic mass is 9.46. The van der Waals surface area contributed by atoms with Crippen LogP contribution in [0.1, 0.15) is 59.8 Å². The number of rotatable bonds is 8. The van der Waals surface area contributed by atoms with Crippen LogP contribution < -0.4 is 0 Å². The zero-order chi connectivity index (χ0) is 26.0. The Bertz CT molecular complexity index is 970. The first-order valence-electron chi connectivity index (χ1n) is 12.2. The molecule has 35 heavy (non-hydrogen) atoms. The quantitative estimate of drug-likeness (QED) is 0.302. The summed E-state index contributed by atoms with van der Waals surface area (Å²) in [6.45, 7) is 11.5. The number of esters is 1. The molecule has 0 spiro atoms. The van der Waals surface area contributed by atoms with Crippen LogP contribution in [0.2, 0.25) is 0 Å². The van der Waals surface area contributed by atoms with Gasteiger partial charge >= 0.3 is 11.9 Å². The van der Waals surface area contributed by atoms with Crippen LogP contribution in [0.3, 0.4) is 0 Å². The Morgan fingerprint density at radius 2 is 2.03 bits per heavy atom. The highest BCUT2D eigenvalue weighted by Crippen LogP contribution is 2.59. The summed E-state index contributed by atoms with van der Waals surface area (Å²) in [7, 11) is 0. The molecule has 7 nitrogen and oxygen atoms in total. The van der Waals surface area contributed by atoms with Crippen LogP contribution in [0, 0.1) is 28.1 Å². The Hall–Kier alpha value is -2.19. The van der Waals surface area contributed by atoms with Gasteiger partial charge in [0, 0.05) is 23.4 Å². The fourth-order valence-electron chi connectivity index (χ4n) is 6.07. The van der Waals surface area contributed by atoms with Crippen molar-refractivity contribution < 1.29 is 29.3 Å². The summed E-state index contributed by atoms with van der Waals surface area (Å²) in [5.41, 5.74) is -2.86. The Kier molecular flexibility index (Phi) is 8.16. The molecular formula is C27H37NO6S. The van der Waals surface area contributed by atoms with Gasteiger partial charge in [-0.3, -0.25) is 14.4 Å². The largest absolute Gasteiger partial charge is 0.481 e. The van der Waals surface area contributed by atoms with E-state index in [-0.39, 0.29) is 36.7 Å². The first-order chi connectivity index (χ1) is 16.4. The maximum absolute atomic E-state index is 14.3. The first-order valence-corrected chi connectivity index (χ1v) is 13.2. The summed E-state index contributed by atoms with van der Waals surface area (Å²) >= 11 is 1.26. The third-order valence-corrected chi connectivity index (χ3v) is 9.72. The molecule has 2 saturated carbocycles. The number of carbonyl (C=O) groups is 3. The normalized spacial score (nSPS) is 37.1. The maximum atomic E-state index is 14.3. The van der Waals surface area contributed by atoms with Gasteiger partial charge in [0.2, 0.25) is 0 Å². The summed E-state index contributed by atoms with van der Waals surface area (Å²) in [4.78, 5) is 43.1. The van der Waals surface area contributed by atoms with Gasteiger partial charge in [0.05, 0.1) is 22.3 Å². The number of ketones is 1. The molecule has 192 valence electrons. The molecule has 0 radical (unpaired) electrons. The number of aliphatic carboxylic acids is 1. The average Bonchev–Trinajstić information content (AvgIpc) is 2.84. The lowest BCUT2D eigenvalue weighted by Crippen LogP contribution is -2.64. The van der Waals surface area contributed by atoms with Gasteiger partial charge in [-0.1, -0.05) is 44.7 Å². The fraction of sp³-hybridized carbons (Fsp3) is 0.630. The number of carboxylic acid groups (broad SMARTS) is 1. The van der Waals surface area contributed by atoms with E-state index in [4.69, 9.17) is 4.74 Å². The van der Waals surface area contributed by atoms with Gasteiger partial charge in [-0.25, -0.2) is 4.98 Å². The Morgan fingerprint density at radius 3 is 2.63 bits per heavy atom. The van der Waals surface area contributed by atoms with E-state index in [1.54, 1.807) is 18.3 Å². The van der Waals surface area contributed by atoms with Crippen molar-refractivity contribution in [2.45, 2.75) is 77.0 Å². The summed E-state index contributed by atoms with van der Waals surface area (Å²) in [6, 6.07) is 5.45. The molecule has 1 aromatic rings. The van der Waals surface area contributed by atoms with E-state index < -0.39 is 46.3 Å². The molecule has 3 rings (SSSR count). The molecule has 7 atom stereocenters. The number of Topliss-reactive ketones (excluding diaryl/α,β-unsaturated/α-hetero) is 1. The molecule has 0 aliphatic heterocycles. The number of carboxylic acids is 1. The highest BCUT2D eigenvalue weighted by molar-refractivity contribution is 7.99. The maximum Gasteiger partial charge on any atom is 0.316 e. The Balaban J connectivity index is 1.99. The number of hydrogen-bond acceptors (Lipinski definition) is 7. The lowest BCUT2D eigenvalue weighted by molar-refractivity contribution is -0.191. The number of pyridine rings is 1. The van der Waals surface area contributed by atoms with Gasteiger partial charge in [-0.05, 0) is 56.6 Å². The van der Waals surface area contributed by atoms with Gasteiger partial charge in [0.25, 0.3) is 0 Å². The van der Waals surface area contributed by atoms with Crippen LogP contribution in [0.4, 0.5) is 0 Å². The van der Waals surface area contributed by atoms with Crippen molar-refractivity contribution in [1.82, 2.24) is 4.98 Å². The van der Waals surface area contributed by atoms with Gasteiger partial charge in [0.15, 0.2) is 0 Å². The second-order valence-corrected chi connectivity index (χ2v) is 11.7. The topological polar surface area (TPSA) is 114 Å². The molecule has 2 N–H and O–H groups in total. The highest BCUT2D eigenvalue weighted by Gasteiger charge is 2.64. The summed E-state index contributed by atoms with van der Waals surface area (Å²) < 4.78 is 6.05. The smallest absolute Gasteiger partial charge is 0.316 e. The molecule has 2 aliphatic carbocycles. The number of fused-ring (bicyclic) bond motifs is 2. The lowest BCUT2D eigenvalue weighted by Gasteiger charge is -2.58. The van der Waals surface area contributed by atoms with Crippen molar-refractivity contribution in [3.8, 4) is 0 Å². The zero-order valence-electron chi connectivity index (χ0n) is 21.0. The van der Waals surface area contributed by atoms with Crippen LogP contribution in [-0.2, 0) is 19.1 Å². The molecule has 1 heterocycles. The first kappa shape index (κ1) is 27.4. The highest BCUT2D eigenvalue weighted by atomic mass is 32.2. The van der Waals surface area contributed by atoms with E-state index in [9.17, 15) is 24.6 Å². The molecule has 0 saturated heterocycles. The number of aliphatic hydroxyl groups is 1. The minimum Gasteiger partial charge on any atom is -0.481 e. The average molecular weight is 504 g/mol. The molecule has 2 bridgehead atoms. The van der Waals surface area contributed by atoms with E-state index in [1.807, 2.05) is 39.8 Å². The molecule has 0 amide bonds. The minimum absolute atomic E-state index is 0.0417. The van der Waals surface area contributed by atoms with Crippen molar-refractivity contribution in [3.63, 3.8) is 0 Å². The zero-order valence-corrected chi connectivity index (χ0v) is 21.8. The van der Waals surface area contributed by atoms with Crippen molar-refractivity contribution in [1.29, 1.82) is 0 Å². The molecule has 2 aliphatic rings. The van der Waals surface area contributed by atoms with Crippen molar-refractivity contribution in [2.75, 3.05) is 5.75 Å². The molecular weight excluding hydrogens is 466 g/mol. The van der Waals surface area contributed by atoms with Crippen LogP contribution in [-0.4, -0.2) is 50.9 Å². The van der Waals surface area contributed by atoms with Gasteiger partial charge < -0.3 is 14.9 Å². The second kappa shape index (κ2) is 10.4. The minimum atomic E-state index is -1.02. The SMILES string of the molecule is C=C[C@]1(C)C[C@@H](OC(=O)CSc2ccccn2)[C@@]2(C)C(=O)[C@](CCC(=O)O)(CCC2C)[C@@H](C)[C@@H]1O. The van der Waals surface area contributed by atoms with Crippen molar-refractivity contribution >= 4 is 29.5 Å². The molecule has 1 unspecified atom stereocenters. The number of aliphatic hydroxyl groups excluding tert-OH is 1. The van der Waals surface area contributed by atoms with E-state index in [0.29, 0.717) is 17.9 Å². The van der Waals surface area contributed by atoms with E-state index in [0.717, 1.165) is 0 Å². The third kappa shape index (κ3) is 5.05. The fourth-order valence-corrected chi connectivity index (χ4v) is 6.72. The molecule has 2 fully saturated rings. The molecule has 0 aromatic carbocycles. The van der Waals surface area contributed by atoms with Crippen molar-refractivity contribution in [3.05, 3.63) is 37.1 Å². The number of nitrogens with zero attached hydrogens (tertiary/aromatic N) is 1. The predicted octanol–water partition coefficient (Wildman–Crippen LogP) is 4.54. The van der Waals surface area contributed by atoms with Crippen LogP contribution in [0.5, 0.6) is 0 Å². The van der Waals surface area contributed by atoms with Gasteiger partial charge in [0.1, 0.15) is 11.9 Å². The Morgan fingerprint density at radius 1 is 1.31 bits per heavy atom. The summed E-state index contributed by atoms with van der Waals surface area (Å²) in [5, 5.41) is 21.6. The number of aromatic nitrogens is 1. The number of hydrogen-bond donors (Lipinski definition) is 2. The number of thioether (sulfide) groups is 1. The summed E-state index contributed by atoms with van der Waals surface area (Å²) in [6.07, 6.45) is 3.02. The monoisotopic (exact) mass is 503 g/mol. The van der Waals surface area contributed by atoms with E-state index in [1.165, 1.54) is 11.8 Å². The van der Waals surface area contributed by atoms with Gasteiger partial charge in [-0.2, -0.15) is 0 Å². The van der Waals surface area contributed by atoms with Crippen LogP contribution >= 0.6 is 11.8 Å². The van der Waals surface area contributed by atoms with Crippen LogP contribution in [0.15, 0.2) is 42.1 Å². The summed E-state index contributed by atoms with van der Waals surface area (Å²) in [5.74, 6) is -2.04. The molecule has 1 aromatic heterocycles. The van der Waals surface area contributed by atoms with Crippen LogP contribution in [0.25, 0.3) is 0 Å². The Labute approximate surface area is 211 Å². The third-order valence-electron chi connectivity index (χ3n) is 8.80. The number of carbonyl (C=O) groups excluding carboxylic acids is 2.